The molecule has 1 aliphatic rings. The molecule has 19 heavy (non-hydrogen) atoms. The molecule has 0 heterocycles. The second-order valence-corrected chi connectivity index (χ2v) is 5.44. The third-order valence-electron chi connectivity index (χ3n) is 3.94. The zero-order valence-electron chi connectivity index (χ0n) is 11.2. The molecule has 0 aliphatic heterocycles. The molecule has 2 unspecified atom stereocenters. The van der Waals surface area contributed by atoms with Gasteiger partial charge in [0.15, 0.2) is 0 Å². The Balaban J connectivity index is 2.09. The number of carbonyl (C=O) groups is 1. The van der Waals surface area contributed by atoms with Crippen molar-refractivity contribution in [3.05, 3.63) is 29.6 Å². The van der Waals surface area contributed by atoms with Crippen molar-refractivity contribution >= 4 is 5.91 Å². The highest BCUT2D eigenvalue weighted by atomic mass is 19.1. The van der Waals surface area contributed by atoms with Gasteiger partial charge in [0.1, 0.15) is 11.6 Å². The monoisotopic (exact) mass is 267 g/mol. The topological polar surface area (TPSA) is 58.6 Å². The number of nitrogens with one attached hydrogen (secondary N) is 1. The van der Waals surface area contributed by atoms with Crippen LogP contribution in [-0.4, -0.2) is 30.3 Å². The lowest BCUT2D eigenvalue weighted by atomic mass is 9.64. The maximum absolute atomic E-state index is 13.7. The first kappa shape index (κ1) is 13.8. The van der Waals surface area contributed by atoms with Gasteiger partial charge in [0.05, 0.1) is 18.8 Å². The Morgan fingerprint density at radius 2 is 2.21 bits per heavy atom. The second kappa shape index (κ2) is 4.81. The van der Waals surface area contributed by atoms with Crippen LogP contribution in [0, 0.1) is 11.2 Å². The van der Waals surface area contributed by atoms with Gasteiger partial charge in [-0.15, -0.1) is 0 Å². The van der Waals surface area contributed by atoms with Gasteiger partial charge in [-0.2, -0.15) is 0 Å². The van der Waals surface area contributed by atoms with E-state index in [1.54, 1.807) is 6.07 Å². The molecule has 0 spiro atoms. The largest absolute Gasteiger partial charge is 0.497 e. The van der Waals surface area contributed by atoms with Crippen molar-refractivity contribution in [2.75, 3.05) is 7.11 Å². The molecular formula is C14H18FNO3. The van der Waals surface area contributed by atoms with Crippen LogP contribution in [0.1, 0.15) is 30.6 Å². The van der Waals surface area contributed by atoms with Crippen molar-refractivity contribution in [2.24, 2.45) is 5.41 Å². The van der Waals surface area contributed by atoms with Crippen molar-refractivity contribution in [3.8, 4) is 5.75 Å². The van der Waals surface area contributed by atoms with Gasteiger partial charge in [0.25, 0.3) is 5.91 Å². The summed E-state index contributed by atoms with van der Waals surface area (Å²) in [4.78, 5) is 12.0. The highest BCUT2D eigenvalue weighted by Gasteiger charge is 2.48. The van der Waals surface area contributed by atoms with Crippen LogP contribution in [0.4, 0.5) is 4.39 Å². The van der Waals surface area contributed by atoms with Gasteiger partial charge < -0.3 is 15.2 Å². The van der Waals surface area contributed by atoms with Crippen molar-refractivity contribution in [1.82, 2.24) is 5.32 Å². The molecule has 2 rings (SSSR count). The Bertz CT molecular complexity index is 501. The van der Waals surface area contributed by atoms with Gasteiger partial charge in [-0.05, 0) is 18.6 Å². The summed E-state index contributed by atoms with van der Waals surface area (Å²) >= 11 is 0. The Morgan fingerprint density at radius 1 is 1.53 bits per heavy atom. The van der Waals surface area contributed by atoms with Crippen LogP contribution >= 0.6 is 0 Å². The predicted octanol–water partition coefficient (Wildman–Crippen LogP) is 1.72. The molecular weight excluding hydrogens is 249 g/mol. The van der Waals surface area contributed by atoms with E-state index in [0.29, 0.717) is 12.2 Å². The average molecular weight is 267 g/mol. The Kier molecular flexibility index (Phi) is 3.49. The lowest BCUT2D eigenvalue weighted by Crippen LogP contribution is -2.61. The van der Waals surface area contributed by atoms with Crippen molar-refractivity contribution in [1.29, 1.82) is 0 Å². The first-order valence-corrected chi connectivity index (χ1v) is 6.18. The van der Waals surface area contributed by atoms with E-state index >= 15 is 0 Å². The molecule has 2 atom stereocenters. The van der Waals surface area contributed by atoms with Gasteiger partial charge >= 0.3 is 0 Å². The lowest BCUT2D eigenvalue weighted by Gasteiger charge is -2.49. The second-order valence-electron chi connectivity index (χ2n) is 5.44. The summed E-state index contributed by atoms with van der Waals surface area (Å²) in [6, 6.07) is 3.97. The van der Waals surface area contributed by atoms with Crippen LogP contribution in [0.15, 0.2) is 18.2 Å². The fourth-order valence-corrected chi connectivity index (χ4v) is 2.19. The predicted molar refractivity (Wildman–Crippen MR) is 68.6 cm³/mol. The first-order valence-electron chi connectivity index (χ1n) is 6.18. The molecule has 0 radical (unpaired) electrons. The minimum absolute atomic E-state index is 0.0158. The summed E-state index contributed by atoms with van der Waals surface area (Å²) in [6.07, 6.45) is 0.0646. The lowest BCUT2D eigenvalue weighted by molar-refractivity contribution is -0.0689. The van der Waals surface area contributed by atoms with Crippen LogP contribution in [-0.2, 0) is 0 Å². The highest BCUT2D eigenvalue weighted by molar-refractivity contribution is 5.95. The van der Waals surface area contributed by atoms with Gasteiger partial charge in [-0.1, -0.05) is 13.8 Å². The van der Waals surface area contributed by atoms with Crippen LogP contribution in [0.25, 0.3) is 0 Å². The van der Waals surface area contributed by atoms with Gasteiger partial charge in [-0.3, -0.25) is 4.79 Å². The highest BCUT2D eigenvalue weighted by Crippen LogP contribution is 2.40. The SMILES string of the molecule is COc1ccc(C(=O)NC2CC(O)C2(C)C)c(F)c1. The fourth-order valence-electron chi connectivity index (χ4n) is 2.19. The normalized spacial score (nSPS) is 24.5. The smallest absolute Gasteiger partial charge is 0.254 e. The quantitative estimate of drug-likeness (QED) is 0.876. The zero-order chi connectivity index (χ0) is 14.2. The van der Waals surface area contributed by atoms with Crippen LogP contribution in [0.3, 0.4) is 0 Å². The summed E-state index contributed by atoms with van der Waals surface area (Å²) < 4.78 is 18.6. The minimum Gasteiger partial charge on any atom is -0.497 e. The van der Waals surface area contributed by atoms with Crippen molar-refractivity contribution in [3.63, 3.8) is 0 Å². The van der Waals surface area contributed by atoms with E-state index in [4.69, 9.17) is 4.74 Å². The molecule has 5 heteroatoms. The van der Waals surface area contributed by atoms with Crippen molar-refractivity contribution < 1.29 is 19.0 Å². The number of halogens is 1. The van der Waals surface area contributed by atoms with Gasteiger partial charge in [-0.25, -0.2) is 4.39 Å². The number of amides is 1. The molecule has 0 aromatic heterocycles. The van der Waals surface area contributed by atoms with Crippen LogP contribution in [0.2, 0.25) is 0 Å². The molecule has 1 saturated carbocycles. The minimum atomic E-state index is -0.616. The summed E-state index contributed by atoms with van der Waals surface area (Å²) in [7, 11) is 1.44. The fraction of sp³-hybridized carbons (Fsp3) is 0.500. The number of aliphatic hydroxyl groups is 1. The zero-order valence-corrected chi connectivity index (χ0v) is 11.2. The number of hydrogen-bond acceptors (Lipinski definition) is 3. The van der Waals surface area contributed by atoms with E-state index in [1.807, 2.05) is 13.8 Å². The first-order chi connectivity index (χ1) is 8.86. The van der Waals surface area contributed by atoms with E-state index in [9.17, 15) is 14.3 Å². The summed E-state index contributed by atoms with van der Waals surface area (Å²) in [5, 5.41) is 12.4. The van der Waals surface area contributed by atoms with Crippen LogP contribution in [0.5, 0.6) is 5.75 Å². The number of rotatable bonds is 3. The summed E-state index contributed by atoms with van der Waals surface area (Å²) in [6.45, 7) is 3.74. The molecule has 1 amide bonds. The Hall–Kier alpha value is -1.62. The Morgan fingerprint density at radius 3 is 2.68 bits per heavy atom. The molecule has 2 N–H and O–H groups in total. The van der Waals surface area contributed by atoms with Crippen molar-refractivity contribution in [2.45, 2.75) is 32.4 Å². The third-order valence-corrected chi connectivity index (χ3v) is 3.94. The van der Waals surface area contributed by atoms with E-state index in [2.05, 4.69) is 5.32 Å². The van der Waals surface area contributed by atoms with Gasteiger partial charge in [0, 0.05) is 17.5 Å². The number of benzene rings is 1. The number of methoxy groups -OCH3 is 1. The molecule has 0 saturated heterocycles. The van der Waals surface area contributed by atoms with Gasteiger partial charge in [0.2, 0.25) is 0 Å². The van der Waals surface area contributed by atoms with Crippen LogP contribution < -0.4 is 10.1 Å². The molecule has 1 aliphatic carbocycles. The third kappa shape index (κ3) is 2.42. The molecule has 0 bridgehead atoms. The van der Waals surface area contributed by atoms with E-state index in [1.165, 1.54) is 19.2 Å². The maximum Gasteiger partial charge on any atom is 0.254 e. The maximum atomic E-state index is 13.7. The van der Waals surface area contributed by atoms with E-state index < -0.39 is 17.8 Å². The molecule has 1 aromatic rings. The Labute approximate surface area is 111 Å². The molecule has 4 nitrogen and oxygen atoms in total. The van der Waals surface area contributed by atoms with E-state index in [-0.39, 0.29) is 17.0 Å². The molecule has 1 fully saturated rings. The number of hydrogen-bond donors (Lipinski definition) is 2. The molecule has 104 valence electrons. The standard InChI is InChI=1S/C14H18FNO3/c1-14(2)11(7-12(14)17)16-13(18)9-5-4-8(19-3)6-10(9)15/h4-6,11-12,17H,7H2,1-3H3,(H,16,18). The molecule has 1 aromatic carbocycles. The number of carbonyl (C=O) groups excluding carboxylic acids is 1. The number of ether oxygens (including phenoxy) is 1. The summed E-state index contributed by atoms with van der Waals surface area (Å²) in [5.74, 6) is -0.715. The van der Waals surface area contributed by atoms with E-state index in [0.717, 1.165) is 0 Å². The number of aliphatic hydroxyl groups excluding tert-OH is 1. The average Bonchev–Trinajstić information content (AvgIpc) is 2.37. The summed E-state index contributed by atoms with van der Waals surface area (Å²) in [5.41, 5.74) is -0.392.